The molecule has 3 amide bonds. The first-order valence-electron chi connectivity index (χ1n) is 12.5. The number of nitrogens with one attached hydrogen (secondary N) is 1. The zero-order chi connectivity index (χ0) is 24.7. The molecule has 1 aromatic carbocycles. The highest BCUT2D eigenvalue weighted by Crippen LogP contribution is 2.56. The monoisotopic (exact) mass is 459 g/mol. The molecule has 1 aromatic heterocycles. The molecule has 34 heavy (non-hydrogen) atoms. The van der Waals surface area contributed by atoms with Crippen molar-refractivity contribution in [2.75, 3.05) is 0 Å². The van der Waals surface area contributed by atoms with Crippen molar-refractivity contribution in [2.24, 2.45) is 0 Å². The number of aryl methyl sites for hydroxylation is 1. The van der Waals surface area contributed by atoms with Crippen LogP contribution in [-0.4, -0.2) is 27.4 Å². The lowest BCUT2D eigenvalue weighted by molar-refractivity contribution is -0.130. The van der Waals surface area contributed by atoms with Crippen LogP contribution in [0.4, 0.5) is 4.79 Å². The van der Waals surface area contributed by atoms with Gasteiger partial charge in [0, 0.05) is 11.6 Å². The number of benzene rings is 1. The molecule has 1 saturated heterocycles. The zero-order valence-electron chi connectivity index (χ0n) is 21.6. The van der Waals surface area contributed by atoms with Gasteiger partial charge in [-0.25, -0.2) is 4.79 Å². The molecule has 0 unspecified atom stereocenters. The molecule has 1 saturated carbocycles. The summed E-state index contributed by atoms with van der Waals surface area (Å²) in [6.07, 6.45) is 6.46. The number of imide groups is 1. The number of carbonyl (C=O) groups is 2. The fraction of sp³-hybridized carbons (Fsp3) is 0.552. The smallest absolute Gasteiger partial charge is 0.324 e. The molecule has 1 N–H and O–H groups in total. The quantitative estimate of drug-likeness (QED) is 0.601. The number of urea groups is 1. The average Bonchev–Trinajstić information content (AvgIpc) is 3.53. The minimum absolute atomic E-state index is 0.0296. The Labute approximate surface area is 203 Å². The van der Waals surface area contributed by atoms with Crippen LogP contribution in [-0.2, 0) is 27.6 Å². The van der Waals surface area contributed by atoms with Crippen molar-refractivity contribution >= 4 is 11.9 Å². The first-order chi connectivity index (χ1) is 15.8. The van der Waals surface area contributed by atoms with Crippen molar-refractivity contribution in [3.63, 3.8) is 0 Å². The van der Waals surface area contributed by atoms with E-state index in [1.54, 1.807) is 13.8 Å². The standard InChI is InChI=1S/C29H37N3O2/c1-18-14-21-22(27(4,5)11-10-26(21,2)3)15-20(18)29(12-13-29)23-9-8-19(16-30-23)17-32-24(33)28(6,7)31-25(32)34/h8-9,14-16H,10-13,17H2,1-7H3,(H,31,34). The molecular weight excluding hydrogens is 422 g/mol. The second-order valence-corrected chi connectivity index (χ2v) is 12.6. The van der Waals surface area contributed by atoms with E-state index in [4.69, 9.17) is 4.98 Å². The summed E-state index contributed by atoms with van der Waals surface area (Å²) >= 11 is 0. The first kappa shape index (κ1) is 23.1. The number of pyridine rings is 1. The van der Waals surface area contributed by atoms with Crippen molar-refractivity contribution in [1.29, 1.82) is 0 Å². The molecule has 2 aliphatic carbocycles. The molecule has 3 aliphatic rings. The van der Waals surface area contributed by atoms with Crippen LogP contribution in [0, 0.1) is 6.92 Å². The second kappa shape index (κ2) is 7.16. The molecule has 0 atom stereocenters. The zero-order valence-corrected chi connectivity index (χ0v) is 21.6. The highest BCUT2D eigenvalue weighted by atomic mass is 16.2. The van der Waals surface area contributed by atoms with Gasteiger partial charge in [0.1, 0.15) is 5.54 Å². The molecule has 5 heteroatoms. The van der Waals surface area contributed by atoms with Gasteiger partial charge >= 0.3 is 6.03 Å². The highest BCUT2D eigenvalue weighted by molar-refractivity contribution is 6.06. The van der Waals surface area contributed by atoms with Crippen LogP contribution in [0.2, 0.25) is 0 Å². The van der Waals surface area contributed by atoms with Gasteiger partial charge in [-0.05, 0) is 91.2 Å². The van der Waals surface area contributed by atoms with E-state index < -0.39 is 5.54 Å². The van der Waals surface area contributed by atoms with Crippen LogP contribution in [0.3, 0.4) is 0 Å². The number of amides is 3. The Morgan fingerprint density at radius 3 is 2.00 bits per heavy atom. The van der Waals surface area contributed by atoms with E-state index in [1.165, 1.54) is 40.0 Å². The second-order valence-electron chi connectivity index (χ2n) is 12.6. The third-order valence-electron chi connectivity index (χ3n) is 8.56. The maximum atomic E-state index is 12.5. The van der Waals surface area contributed by atoms with Gasteiger partial charge in [0.15, 0.2) is 0 Å². The van der Waals surface area contributed by atoms with Crippen LogP contribution < -0.4 is 5.32 Å². The van der Waals surface area contributed by atoms with E-state index in [-0.39, 0.29) is 34.7 Å². The van der Waals surface area contributed by atoms with Gasteiger partial charge < -0.3 is 5.32 Å². The fourth-order valence-corrected chi connectivity index (χ4v) is 5.97. The molecule has 5 nitrogen and oxygen atoms in total. The number of hydrogen-bond acceptors (Lipinski definition) is 3. The minimum atomic E-state index is -0.852. The van der Waals surface area contributed by atoms with Gasteiger partial charge in [-0.15, -0.1) is 0 Å². The minimum Gasteiger partial charge on any atom is -0.324 e. The molecule has 0 spiro atoms. The van der Waals surface area contributed by atoms with E-state index in [9.17, 15) is 9.59 Å². The van der Waals surface area contributed by atoms with Gasteiger partial charge in [0.2, 0.25) is 0 Å². The number of aromatic nitrogens is 1. The molecule has 0 radical (unpaired) electrons. The largest absolute Gasteiger partial charge is 0.325 e. The van der Waals surface area contributed by atoms with Crippen molar-refractivity contribution < 1.29 is 9.59 Å². The summed E-state index contributed by atoms with van der Waals surface area (Å²) in [4.78, 5) is 30.9. The summed E-state index contributed by atoms with van der Waals surface area (Å²) < 4.78 is 0. The topological polar surface area (TPSA) is 62.3 Å². The van der Waals surface area contributed by atoms with Gasteiger partial charge in [0.25, 0.3) is 5.91 Å². The van der Waals surface area contributed by atoms with E-state index >= 15 is 0 Å². The Kier molecular flexibility index (Phi) is 4.86. The molecule has 1 aliphatic heterocycles. The van der Waals surface area contributed by atoms with Crippen LogP contribution in [0.1, 0.15) is 101 Å². The van der Waals surface area contributed by atoms with E-state index in [1.807, 2.05) is 12.3 Å². The van der Waals surface area contributed by atoms with Crippen molar-refractivity contribution in [3.05, 3.63) is 64.0 Å². The summed E-state index contributed by atoms with van der Waals surface area (Å²) in [5, 5.41) is 2.74. The van der Waals surface area contributed by atoms with Crippen molar-refractivity contribution in [2.45, 2.75) is 102 Å². The Hall–Kier alpha value is -2.69. The lowest BCUT2D eigenvalue weighted by Crippen LogP contribution is -2.40. The predicted octanol–water partition coefficient (Wildman–Crippen LogP) is 5.65. The average molecular weight is 460 g/mol. The van der Waals surface area contributed by atoms with E-state index in [2.05, 4.69) is 58.1 Å². The van der Waals surface area contributed by atoms with E-state index in [0.717, 1.165) is 24.1 Å². The summed E-state index contributed by atoms with van der Waals surface area (Å²) in [5.41, 5.74) is 7.22. The normalized spacial score (nSPS) is 23.4. The Bertz CT molecular complexity index is 1190. The fourth-order valence-electron chi connectivity index (χ4n) is 5.97. The molecule has 180 valence electrons. The Morgan fingerprint density at radius 1 is 0.882 bits per heavy atom. The Morgan fingerprint density at radius 2 is 1.50 bits per heavy atom. The van der Waals surface area contributed by atoms with Crippen LogP contribution in [0.25, 0.3) is 0 Å². The summed E-state index contributed by atoms with van der Waals surface area (Å²) in [7, 11) is 0. The van der Waals surface area contributed by atoms with Crippen LogP contribution in [0.15, 0.2) is 30.5 Å². The molecule has 2 heterocycles. The molecule has 2 fully saturated rings. The van der Waals surface area contributed by atoms with Gasteiger partial charge in [-0.2, -0.15) is 0 Å². The maximum absolute atomic E-state index is 12.5. The number of hydrogen-bond donors (Lipinski definition) is 1. The van der Waals surface area contributed by atoms with Crippen LogP contribution in [0.5, 0.6) is 0 Å². The summed E-state index contributed by atoms with van der Waals surface area (Å²) in [6, 6.07) is 8.71. The number of rotatable bonds is 4. The Balaban J connectivity index is 1.46. The highest BCUT2D eigenvalue weighted by Gasteiger charge is 2.49. The van der Waals surface area contributed by atoms with Crippen molar-refractivity contribution in [3.8, 4) is 0 Å². The molecular formula is C29H37N3O2. The predicted molar refractivity (Wildman–Crippen MR) is 134 cm³/mol. The van der Waals surface area contributed by atoms with Gasteiger partial charge in [-0.3, -0.25) is 14.7 Å². The number of nitrogens with zero attached hydrogens (tertiary/aromatic N) is 2. The number of carbonyl (C=O) groups excluding carboxylic acids is 2. The summed E-state index contributed by atoms with van der Waals surface area (Å²) in [6.45, 7) is 15.5. The summed E-state index contributed by atoms with van der Waals surface area (Å²) in [5.74, 6) is -0.199. The SMILES string of the molecule is Cc1cc2c(cc1C1(c3ccc(CN4C(=O)NC(C)(C)C4=O)cn3)CC1)C(C)(C)CCC2(C)C. The number of fused-ring (bicyclic) bond motifs is 1. The van der Waals surface area contributed by atoms with Crippen LogP contribution >= 0.6 is 0 Å². The van der Waals surface area contributed by atoms with Gasteiger partial charge in [-0.1, -0.05) is 45.9 Å². The first-order valence-corrected chi connectivity index (χ1v) is 12.5. The maximum Gasteiger partial charge on any atom is 0.325 e. The van der Waals surface area contributed by atoms with Crippen molar-refractivity contribution in [1.82, 2.24) is 15.2 Å². The lowest BCUT2D eigenvalue weighted by atomic mass is 9.62. The molecule has 0 bridgehead atoms. The molecule has 2 aromatic rings. The third kappa shape index (κ3) is 3.47. The molecule has 5 rings (SSSR count). The third-order valence-corrected chi connectivity index (χ3v) is 8.56. The van der Waals surface area contributed by atoms with E-state index in [0.29, 0.717) is 0 Å². The lowest BCUT2D eigenvalue weighted by Gasteiger charge is -2.43. The van der Waals surface area contributed by atoms with Gasteiger partial charge in [0.05, 0.1) is 12.2 Å².